The summed E-state index contributed by atoms with van der Waals surface area (Å²) < 4.78 is 14.6. The van der Waals surface area contributed by atoms with E-state index in [0.717, 1.165) is 35.9 Å². The number of benzene rings is 3. The van der Waals surface area contributed by atoms with Crippen LogP contribution < -0.4 is 0 Å². The van der Waals surface area contributed by atoms with E-state index in [0.29, 0.717) is 5.56 Å². The zero-order valence-corrected chi connectivity index (χ0v) is 18.0. The maximum atomic E-state index is 14.6. The number of halogens is 1. The van der Waals surface area contributed by atoms with Crippen LogP contribution in [-0.2, 0) is 0 Å². The Morgan fingerprint density at radius 2 is 1.52 bits per heavy atom. The molecule has 1 atom stereocenters. The molecular weight excluding hydrogens is 405 g/mol. The van der Waals surface area contributed by atoms with Gasteiger partial charge in [-0.25, -0.2) is 4.39 Å². The molecule has 0 radical (unpaired) electrons. The van der Waals surface area contributed by atoms with E-state index in [-0.39, 0.29) is 11.9 Å². The molecule has 0 spiro atoms. The van der Waals surface area contributed by atoms with E-state index in [1.807, 2.05) is 36.2 Å². The van der Waals surface area contributed by atoms with Crippen LogP contribution in [0, 0.1) is 5.82 Å². The maximum Gasteiger partial charge on any atom is 0.132 e. The van der Waals surface area contributed by atoms with Crippen molar-refractivity contribution in [2.75, 3.05) is 24.6 Å². The number of nitrogens with zero attached hydrogens (tertiary/aromatic N) is 2. The third-order valence-corrected chi connectivity index (χ3v) is 6.79. The molecule has 156 valence electrons. The van der Waals surface area contributed by atoms with Crippen molar-refractivity contribution < 1.29 is 4.39 Å². The molecule has 31 heavy (non-hydrogen) atoms. The predicted octanol–water partition coefficient (Wildman–Crippen LogP) is 6.02. The van der Waals surface area contributed by atoms with Crippen LogP contribution in [-0.4, -0.2) is 39.7 Å². The van der Waals surface area contributed by atoms with Crippen LogP contribution in [0.15, 0.2) is 85.1 Å². The lowest BCUT2D eigenvalue weighted by Crippen LogP contribution is -2.36. The number of aromatic amines is 1. The number of rotatable bonds is 5. The first-order valence-electron chi connectivity index (χ1n) is 10.6. The normalized spacial score (nSPS) is 15.6. The highest BCUT2D eigenvalue weighted by atomic mass is 32.2. The summed E-state index contributed by atoms with van der Waals surface area (Å²) in [5, 5.41) is 7.39. The van der Waals surface area contributed by atoms with E-state index < -0.39 is 0 Å². The summed E-state index contributed by atoms with van der Waals surface area (Å²) in [5.74, 6) is 1.97. The third-order valence-electron chi connectivity index (χ3n) is 5.85. The predicted molar refractivity (Wildman–Crippen MR) is 127 cm³/mol. The molecule has 1 N–H and O–H groups in total. The number of hydrogen-bond acceptors (Lipinski definition) is 3. The smallest absolute Gasteiger partial charge is 0.132 e. The zero-order valence-electron chi connectivity index (χ0n) is 17.2. The highest BCUT2D eigenvalue weighted by molar-refractivity contribution is 7.99. The van der Waals surface area contributed by atoms with Crippen molar-refractivity contribution in [2.24, 2.45) is 0 Å². The van der Waals surface area contributed by atoms with Crippen molar-refractivity contribution in [3.8, 4) is 22.4 Å². The van der Waals surface area contributed by atoms with Gasteiger partial charge >= 0.3 is 0 Å². The minimum Gasteiger partial charge on any atom is -0.291 e. The Labute approximate surface area is 186 Å². The first kappa shape index (κ1) is 20.0. The summed E-state index contributed by atoms with van der Waals surface area (Å²) >= 11 is 1.99. The lowest BCUT2D eigenvalue weighted by Gasteiger charge is -2.35. The van der Waals surface area contributed by atoms with Gasteiger partial charge < -0.3 is 0 Å². The lowest BCUT2D eigenvalue weighted by atomic mass is 9.93. The summed E-state index contributed by atoms with van der Waals surface area (Å²) in [4.78, 5) is 2.49. The van der Waals surface area contributed by atoms with Crippen LogP contribution in [0.1, 0.15) is 17.2 Å². The first-order chi connectivity index (χ1) is 15.3. The molecule has 5 heteroatoms. The first-order valence-corrected chi connectivity index (χ1v) is 11.7. The van der Waals surface area contributed by atoms with Crippen molar-refractivity contribution >= 4 is 11.8 Å². The van der Waals surface area contributed by atoms with E-state index in [1.165, 1.54) is 22.8 Å². The fourth-order valence-electron chi connectivity index (χ4n) is 4.29. The fourth-order valence-corrected chi connectivity index (χ4v) is 5.23. The van der Waals surface area contributed by atoms with Gasteiger partial charge in [-0.3, -0.25) is 10.00 Å². The van der Waals surface area contributed by atoms with Crippen molar-refractivity contribution in [3.63, 3.8) is 0 Å². The molecule has 0 amide bonds. The fraction of sp³-hybridized carbons (Fsp3) is 0.192. The van der Waals surface area contributed by atoms with Crippen molar-refractivity contribution in [2.45, 2.75) is 6.04 Å². The molecule has 1 aliphatic rings. The average molecular weight is 430 g/mol. The molecule has 2 heterocycles. The molecule has 1 unspecified atom stereocenters. The van der Waals surface area contributed by atoms with Crippen LogP contribution in [0.25, 0.3) is 22.4 Å². The molecule has 1 aliphatic heterocycles. The molecule has 0 saturated carbocycles. The van der Waals surface area contributed by atoms with Crippen LogP contribution in [0.5, 0.6) is 0 Å². The Morgan fingerprint density at radius 3 is 2.26 bits per heavy atom. The standard InChI is InChI=1S/C26H24FN3S/c27-24-9-5-4-8-22(24)25-23(18-28-29-25)26(30-14-16-31-17-15-30)21-12-10-20(11-13-21)19-6-2-1-3-7-19/h1-13,18,26H,14-17H2,(H,28,29). The number of aromatic nitrogens is 2. The monoisotopic (exact) mass is 429 g/mol. The highest BCUT2D eigenvalue weighted by Gasteiger charge is 2.28. The van der Waals surface area contributed by atoms with Gasteiger partial charge in [0, 0.05) is 35.7 Å². The summed E-state index contributed by atoms with van der Waals surface area (Å²) in [7, 11) is 0. The molecule has 3 aromatic carbocycles. The van der Waals surface area contributed by atoms with E-state index in [4.69, 9.17) is 0 Å². The van der Waals surface area contributed by atoms with Gasteiger partial charge in [0.15, 0.2) is 0 Å². The van der Waals surface area contributed by atoms with Crippen LogP contribution in [0.4, 0.5) is 4.39 Å². The molecule has 5 rings (SSSR count). The molecule has 1 fully saturated rings. The van der Waals surface area contributed by atoms with Gasteiger partial charge in [0.2, 0.25) is 0 Å². The molecular formula is C26H24FN3S. The number of hydrogen-bond donors (Lipinski definition) is 1. The number of nitrogens with one attached hydrogen (secondary N) is 1. The molecule has 0 aliphatic carbocycles. The van der Waals surface area contributed by atoms with Gasteiger partial charge in [0.05, 0.1) is 17.9 Å². The summed E-state index contributed by atoms with van der Waals surface area (Å²) in [6.45, 7) is 2.00. The Balaban J connectivity index is 1.57. The number of thioether (sulfide) groups is 1. The molecule has 0 bridgehead atoms. The number of H-pyrrole nitrogens is 1. The van der Waals surface area contributed by atoms with E-state index in [1.54, 1.807) is 6.07 Å². The van der Waals surface area contributed by atoms with Gasteiger partial charge in [-0.05, 0) is 28.8 Å². The van der Waals surface area contributed by atoms with Gasteiger partial charge in [-0.15, -0.1) is 0 Å². The Hall–Kier alpha value is -2.89. The third kappa shape index (κ3) is 4.16. The molecule has 1 aromatic heterocycles. The Bertz CT molecular complexity index is 1130. The quantitative estimate of drug-likeness (QED) is 0.421. The van der Waals surface area contributed by atoms with Gasteiger partial charge in [-0.2, -0.15) is 16.9 Å². The van der Waals surface area contributed by atoms with Crippen LogP contribution in [0.2, 0.25) is 0 Å². The zero-order chi connectivity index (χ0) is 21.0. The minimum atomic E-state index is -0.236. The van der Waals surface area contributed by atoms with Crippen molar-refractivity contribution in [3.05, 3.63) is 102 Å². The summed E-state index contributed by atoms with van der Waals surface area (Å²) in [6.07, 6.45) is 1.86. The van der Waals surface area contributed by atoms with Crippen LogP contribution >= 0.6 is 11.8 Å². The van der Waals surface area contributed by atoms with Gasteiger partial charge in [0.25, 0.3) is 0 Å². The van der Waals surface area contributed by atoms with Gasteiger partial charge in [0.1, 0.15) is 5.82 Å². The topological polar surface area (TPSA) is 31.9 Å². The SMILES string of the molecule is Fc1ccccc1-c1[nH]ncc1C(c1ccc(-c2ccccc2)cc1)N1CCSCC1. The second-order valence-electron chi connectivity index (χ2n) is 7.72. The van der Waals surface area contributed by atoms with E-state index in [2.05, 4.69) is 63.6 Å². The van der Waals surface area contributed by atoms with Crippen molar-refractivity contribution in [1.82, 2.24) is 15.1 Å². The average Bonchev–Trinajstić information content (AvgIpc) is 3.30. The van der Waals surface area contributed by atoms with Gasteiger partial charge in [-0.1, -0.05) is 66.7 Å². The highest BCUT2D eigenvalue weighted by Crippen LogP contribution is 2.37. The molecule has 1 saturated heterocycles. The summed E-state index contributed by atoms with van der Waals surface area (Å²) in [5.41, 5.74) is 5.94. The molecule has 3 nitrogen and oxygen atoms in total. The van der Waals surface area contributed by atoms with Crippen LogP contribution in [0.3, 0.4) is 0 Å². The second-order valence-corrected chi connectivity index (χ2v) is 8.94. The lowest BCUT2D eigenvalue weighted by molar-refractivity contribution is 0.250. The van der Waals surface area contributed by atoms with E-state index >= 15 is 0 Å². The largest absolute Gasteiger partial charge is 0.291 e. The summed E-state index contributed by atoms with van der Waals surface area (Å²) in [6, 6.07) is 26.1. The van der Waals surface area contributed by atoms with E-state index in [9.17, 15) is 4.39 Å². The maximum absolute atomic E-state index is 14.6. The Kier molecular flexibility index (Phi) is 5.87. The second kappa shape index (κ2) is 9.08. The Morgan fingerprint density at radius 1 is 0.839 bits per heavy atom. The minimum absolute atomic E-state index is 0.0269. The van der Waals surface area contributed by atoms with Crippen molar-refractivity contribution in [1.29, 1.82) is 0 Å². The molecule has 4 aromatic rings.